The fourth-order valence-electron chi connectivity index (χ4n) is 4.92. The van der Waals surface area contributed by atoms with Crippen LogP contribution in [0.25, 0.3) is 10.9 Å². The lowest BCUT2D eigenvalue weighted by molar-refractivity contribution is -0.137. The zero-order valence-electron chi connectivity index (χ0n) is 19.8. The maximum absolute atomic E-state index is 13.7. The lowest BCUT2D eigenvalue weighted by Gasteiger charge is -2.30. The third-order valence-electron chi connectivity index (χ3n) is 6.91. The SMILES string of the molecule is C[C@@H]1OCc2c1c(N)nc1ccc(C(=O)N(Cc3ccc(C(F)(F)F)cn3)CC3CCOCC3)cc21. The topological polar surface area (TPSA) is 90.6 Å². The molecule has 3 aromatic rings. The summed E-state index contributed by atoms with van der Waals surface area (Å²) >= 11 is 0. The van der Waals surface area contributed by atoms with Crippen LogP contribution in [-0.4, -0.2) is 40.5 Å². The summed E-state index contributed by atoms with van der Waals surface area (Å²) in [6.07, 6.45) is -2.20. The molecular weight excluding hydrogens is 473 g/mol. The molecule has 0 aliphatic carbocycles. The first kappa shape index (κ1) is 24.5. The molecule has 0 unspecified atom stereocenters. The largest absolute Gasteiger partial charge is 0.417 e. The molecule has 1 saturated heterocycles. The van der Waals surface area contributed by atoms with Gasteiger partial charge in [0.15, 0.2) is 0 Å². The molecule has 7 nitrogen and oxygen atoms in total. The summed E-state index contributed by atoms with van der Waals surface area (Å²) in [6, 6.07) is 7.61. The molecule has 0 saturated carbocycles. The van der Waals surface area contributed by atoms with E-state index in [9.17, 15) is 18.0 Å². The van der Waals surface area contributed by atoms with Crippen molar-refractivity contribution in [3.63, 3.8) is 0 Å². The maximum atomic E-state index is 13.7. The fraction of sp³-hybridized carbons (Fsp3) is 0.423. The molecular formula is C26H27F3N4O3. The molecule has 2 aliphatic heterocycles. The van der Waals surface area contributed by atoms with Crippen LogP contribution in [0.2, 0.25) is 0 Å². The molecule has 5 rings (SSSR count). The number of halogens is 3. The third kappa shape index (κ3) is 4.87. The quantitative estimate of drug-likeness (QED) is 0.537. The van der Waals surface area contributed by atoms with Crippen molar-refractivity contribution in [3.05, 3.63) is 64.5 Å². The van der Waals surface area contributed by atoms with Gasteiger partial charge in [0, 0.05) is 42.5 Å². The van der Waals surface area contributed by atoms with Crippen LogP contribution in [0, 0.1) is 5.92 Å². The van der Waals surface area contributed by atoms with Crippen molar-refractivity contribution in [3.8, 4) is 0 Å². The number of alkyl halides is 3. The smallest absolute Gasteiger partial charge is 0.383 e. The highest BCUT2D eigenvalue weighted by atomic mass is 19.4. The van der Waals surface area contributed by atoms with E-state index in [1.54, 1.807) is 17.0 Å². The summed E-state index contributed by atoms with van der Waals surface area (Å²) < 4.78 is 50.1. The Morgan fingerprint density at radius 3 is 2.67 bits per heavy atom. The summed E-state index contributed by atoms with van der Waals surface area (Å²) in [5, 5.41) is 0.813. The molecule has 2 aromatic heterocycles. The number of anilines is 1. The normalized spacial score (nSPS) is 18.4. The Bertz CT molecular complexity index is 1270. The lowest BCUT2D eigenvalue weighted by Crippen LogP contribution is -2.37. The number of hydrogen-bond acceptors (Lipinski definition) is 6. The van der Waals surface area contributed by atoms with E-state index in [-0.39, 0.29) is 24.5 Å². The number of nitrogen functional groups attached to an aromatic ring is 1. The number of benzene rings is 1. The van der Waals surface area contributed by atoms with Gasteiger partial charge in [0.05, 0.1) is 36.0 Å². The van der Waals surface area contributed by atoms with Crippen LogP contribution < -0.4 is 5.73 Å². The Hall–Kier alpha value is -3.24. The van der Waals surface area contributed by atoms with E-state index in [0.717, 1.165) is 41.6 Å². The predicted molar refractivity (Wildman–Crippen MR) is 127 cm³/mol. The van der Waals surface area contributed by atoms with Gasteiger partial charge in [-0.3, -0.25) is 9.78 Å². The molecule has 0 bridgehead atoms. The van der Waals surface area contributed by atoms with Crippen molar-refractivity contribution in [2.45, 2.75) is 45.2 Å². The van der Waals surface area contributed by atoms with Gasteiger partial charge in [0.25, 0.3) is 5.91 Å². The van der Waals surface area contributed by atoms with Gasteiger partial charge in [-0.15, -0.1) is 0 Å². The van der Waals surface area contributed by atoms with Crippen LogP contribution in [-0.2, 0) is 28.8 Å². The number of aromatic nitrogens is 2. The van der Waals surface area contributed by atoms with E-state index in [2.05, 4.69) is 9.97 Å². The van der Waals surface area contributed by atoms with Gasteiger partial charge in [-0.1, -0.05) is 0 Å². The van der Waals surface area contributed by atoms with Crippen LogP contribution in [0.5, 0.6) is 0 Å². The molecule has 2 N–H and O–H groups in total. The Morgan fingerprint density at radius 1 is 1.19 bits per heavy atom. The number of carbonyl (C=O) groups is 1. The standard InChI is InChI=1S/C26H27F3N4O3/c1-15-23-21(14-36-15)20-10-17(2-5-22(20)32-24(23)30)25(34)33(12-16-6-8-35-9-7-16)13-19-4-3-18(11-31-19)26(27,28)29/h2-5,10-11,15-16H,6-9,12-14H2,1H3,(H2,30,32)/t15-/m0/s1. The molecule has 1 atom stereocenters. The van der Waals surface area contributed by atoms with Crippen molar-refractivity contribution in [2.24, 2.45) is 5.92 Å². The summed E-state index contributed by atoms with van der Waals surface area (Å²) in [4.78, 5) is 23.9. The van der Waals surface area contributed by atoms with Crippen LogP contribution in [0.15, 0.2) is 36.5 Å². The number of nitrogens with two attached hydrogens (primary N) is 1. The van der Waals surface area contributed by atoms with E-state index < -0.39 is 11.7 Å². The van der Waals surface area contributed by atoms with Crippen molar-refractivity contribution < 1.29 is 27.4 Å². The van der Waals surface area contributed by atoms with Gasteiger partial charge in [0.2, 0.25) is 0 Å². The minimum atomic E-state index is -4.47. The molecule has 1 fully saturated rings. The molecule has 0 spiro atoms. The number of nitrogens with zero attached hydrogens (tertiary/aromatic N) is 3. The highest BCUT2D eigenvalue weighted by Gasteiger charge is 2.31. The second-order valence-corrected chi connectivity index (χ2v) is 9.35. The highest BCUT2D eigenvalue weighted by molar-refractivity contribution is 5.99. The first-order valence-corrected chi connectivity index (χ1v) is 11.9. The maximum Gasteiger partial charge on any atom is 0.417 e. The lowest BCUT2D eigenvalue weighted by atomic mass is 9.98. The molecule has 0 radical (unpaired) electrons. The van der Waals surface area contributed by atoms with E-state index in [1.807, 2.05) is 13.0 Å². The third-order valence-corrected chi connectivity index (χ3v) is 6.91. The number of ether oxygens (including phenoxy) is 2. The van der Waals surface area contributed by atoms with E-state index in [0.29, 0.717) is 49.0 Å². The summed E-state index contributed by atoms with van der Waals surface area (Å²) in [5.74, 6) is 0.441. The Kier molecular flexibility index (Phi) is 6.57. The minimum absolute atomic E-state index is 0.102. The van der Waals surface area contributed by atoms with Crippen molar-refractivity contribution in [1.29, 1.82) is 0 Å². The summed E-state index contributed by atoms with van der Waals surface area (Å²) in [6.45, 7) is 4.11. The Labute approximate surface area is 206 Å². The number of hydrogen-bond donors (Lipinski definition) is 1. The van der Waals surface area contributed by atoms with Gasteiger partial charge >= 0.3 is 6.18 Å². The zero-order valence-corrected chi connectivity index (χ0v) is 19.8. The van der Waals surface area contributed by atoms with Gasteiger partial charge in [0.1, 0.15) is 5.82 Å². The number of fused-ring (bicyclic) bond motifs is 3. The average Bonchev–Trinajstić information content (AvgIpc) is 3.26. The molecule has 10 heteroatoms. The molecule has 4 heterocycles. The first-order valence-electron chi connectivity index (χ1n) is 11.9. The Morgan fingerprint density at radius 2 is 1.97 bits per heavy atom. The Balaban J connectivity index is 1.46. The number of carbonyl (C=O) groups excluding carboxylic acids is 1. The van der Waals surface area contributed by atoms with Crippen LogP contribution in [0.4, 0.5) is 19.0 Å². The van der Waals surface area contributed by atoms with Gasteiger partial charge in [-0.05, 0) is 61.6 Å². The van der Waals surface area contributed by atoms with Gasteiger partial charge < -0.3 is 20.1 Å². The average molecular weight is 501 g/mol. The molecule has 36 heavy (non-hydrogen) atoms. The van der Waals surface area contributed by atoms with Crippen molar-refractivity contribution in [2.75, 3.05) is 25.5 Å². The second kappa shape index (κ2) is 9.67. The van der Waals surface area contributed by atoms with E-state index in [1.165, 1.54) is 6.07 Å². The predicted octanol–water partition coefficient (Wildman–Crippen LogP) is 4.89. The molecule has 1 amide bonds. The monoisotopic (exact) mass is 500 g/mol. The fourth-order valence-corrected chi connectivity index (χ4v) is 4.92. The first-order chi connectivity index (χ1) is 17.2. The molecule has 1 aromatic carbocycles. The number of amides is 1. The zero-order chi connectivity index (χ0) is 25.4. The second-order valence-electron chi connectivity index (χ2n) is 9.35. The molecule has 2 aliphatic rings. The van der Waals surface area contributed by atoms with Crippen LogP contribution in [0.1, 0.15) is 58.6 Å². The van der Waals surface area contributed by atoms with Gasteiger partial charge in [-0.25, -0.2) is 4.98 Å². The van der Waals surface area contributed by atoms with Crippen LogP contribution in [0.3, 0.4) is 0 Å². The summed E-state index contributed by atoms with van der Waals surface area (Å²) in [7, 11) is 0. The van der Waals surface area contributed by atoms with Crippen LogP contribution >= 0.6 is 0 Å². The van der Waals surface area contributed by atoms with Crippen molar-refractivity contribution >= 4 is 22.6 Å². The van der Waals surface area contributed by atoms with E-state index >= 15 is 0 Å². The number of pyridine rings is 2. The highest BCUT2D eigenvalue weighted by Crippen LogP contribution is 2.38. The van der Waals surface area contributed by atoms with E-state index in [4.69, 9.17) is 15.2 Å². The minimum Gasteiger partial charge on any atom is -0.383 e. The number of rotatable bonds is 5. The summed E-state index contributed by atoms with van der Waals surface area (Å²) in [5.41, 5.74) is 8.65. The van der Waals surface area contributed by atoms with Crippen molar-refractivity contribution in [1.82, 2.24) is 14.9 Å². The van der Waals surface area contributed by atoms with Gasteiger partial charge in [-0.2, -0.15) is 13.2 Å². The molecule has 190 valence electrons.